The Hall–Kier alpha value is -3.85. The van der Waals surface area contributed by atoms with Crippen molar-refractivity contribution in [1.29, 1.82) is 0 Å². The fourth-order valence-electron chi connectivity index (χ4n) is 3.35. The van der Waals surface area contributed by atoms with Gasteiger partial charge in [0.2, 0.25) is 5.82 Å². The first kappa shape index (κ1) is 21.0. The van der Waals surface area contributed by atoms with E-state index in [2.05, 4.69) is 10.1 Å². The quantitative estimate of drug-likeness (QED) is 0.353. The molecule has 8 nitrogen and oxygen atoms in total. The van der Waals surface area contributed by atoms with E-state index < -0.39 is 5.97 Å². The standard InChI is InChI=1S/C24H20N2O6S/c1-2-28-17-6-4-3-5-16(17)23-25-22(32-26-23)14-31-24(27)21-10-9-20(33-21)15-7-8-18-19(13-15)30-12-11-29-18/h3-10,13H,2,11-12,14H2,1H3. The molecule has 9 heteroatoms. The molecule has 0 atom stereocenters. The van der Waals surface area contributed by atoms with Gasteiger partial charge in [-0.15, -0.1) is 11.3 Å². The molecular weight excluding hydrogens is 444 g/mol. The van der Waals surface area contributed by atoms with Crippen LogP contribution in [0, 0.1) is 0 Å². The van der Waals surface area contributed by atoms with Crippen LogP contribution in [0.2, 0.25) is 0 Å². The van der Waals surface area contributed by atoms with Crippen LogP contribution >= 0.6 is 11.3 Å². The molecule has 2 aromatic carbocycles. The summed E-state index contributed by atoms with van der Waals surface area (Å²) in [5.41, 5.74) is 1.65. The molecule has 0 saturated heterocycles. The number of rotatable bonds is 7. The van der Waals surface area contributed by atoms with Crippen molar-refractivity contribution in [2.75, 3.05) is 19.8 Å². The van der Waals surface area contributed by atoms with Crippen LogP contribution in [0.4, 0.5) is 0 Å². The molecule has 0 N–H and O–H groups in total. The van der Waals surface area contributed by atoms with Gasteiger partial charge in [0.1, 0.15) is 23.8 Å². The van der Waals surface area contributed by atoms with Crippen LogP contribution < -0.4 is 14.2 Å². The molecule has 0 unspecified atom stereocenters. The van der Waals surface area contributed by atoms with Crippen molar-refractivity contribution in [2.24, 2.45) is 0 Å². The van der Waals surface area contributed by atoms with Gasteiger partial charge in [0.05, 0.1) is 12.2 Å². The number of thiophene rings is 1. The minimum Gasteiger partial charge on any atom is -0.493 e. The highest BCUT2D eigenvalue weighted by atomic mass is 32.1. The van der Waals surface area contributed by atoms with E-state index in [4.69, 9.17) is 23.5 Å². The van der Waals surface area contributed by atoms with Crippen LogP contribution in [-0.4, -0.2) is 35.9 Å². The van der Waals surface area contributed by atoms with Gasteiger partial charge in [-0.1, -0.05) is 17.3 Å². The molecule has 0 radical (unpaired) electrons. The molecule has 33 heavy (non-hydrogen) atoms. The second-order valence-corrected chi connectivity index (χ2v) is 8.12. The number of benzene rings is 2. The van der Waals surface area contributed by atoms with Gasteiger partial charge in [0.15, 0.2) is 18.1 Å². The molecule has 0 bridgehead atoms. The average Bonchev–Trinajstić information content (AvgIpc) is 3.53. The molecule has 0 aliphatic carbocycles. The Balaban J connectivity index is 1.24. The summed E-state index contributed by atoms with van der Waals surface area (Å²) >= 11 is 1.34. The summed E-state index contributed by atoms with van der Waals surface area (Å²) in [6, 6.07) is 16.8. The number of nitrogens with zero attached hydrogens (tertiary/aromatic N) is 2. The Morgan fingerprint density at radius 2 is 1.91 bits per heavy atom. The van der Waals surface area contributed by atoms with Crippen LogP contribution in [0.1, 0.15) is 22.5 Å². The molecule has 1 aliphatic heterocycles. The molecule has 168 valence electrons. The highest BCUT2D eigenvalue weighted by molar-refractivity contribution is 7.17. The van der Waals surface area contributed by atoms with Crippen molar-refractivity contribution in [3.63, 3.8) is 0 Å². The smallest absolute Gasteiger partial charge is 0.348 e. The van der Waals surface area contributed by atoms with E-state index in [9.17, 15) is 4.79 Å². The summed E-state index contributed by atoms with van der Waals surface area (Å²) in [6.45, 7) is 3.37. The zero-order chi connectivity index (χ0) is 22.6. The average molecular weight is 464 g/mol. The Kier molecular flexibility index (Phi) is 5.95. The van der Waals surface area contributed by atoms with E-state index in [-0.39, 0.29) is 12.5 Å². The van der Waals surface area contributed by atoms with Gasteiger partial charge in [-0.3, -0.25) is 0 Å². The molecule has 3 heterocycles. The molecule has 5 rings (SSSR count). The maximum atomic E-state index is 12.5. The van der Waals surface area contributed by atoms with Crippen molar-refractivity contribution in [3.05, 3.63) is 65.4 Å². The van der Waals surface area contributed by atoms with E-state index in [0.717, 1.165) is 16.2 Å². The molecule has 0 fully saturated rings. The monoisotopic (exact) mass is 464 g/mol. The lowest BCUT2D eigenvalue weighted by Gasteiger charge is -2.18. The number of hydrogen-bond donors (Lipinski definition) is 0. The minimum absolute atomic E-state index is 0.125. The highest BCUT2D eigenvalue weighted by Gasteiger charge is 2.18. The van der Waals surface area contributed by atoms with Gasteiger partial charge in [-0.25, -0.2) is 4.79 Å². The van der Waals surface area contributed by atoms with Gasteiger partial charge >= 0.3 is 5.97 Å². The van der Waals surface area contributed by atoms with Crippen LogP contribution in [0.15, 0.2) is 59.1 Å². The van der Waals surface area contributed by atoms with Crippen LogP contribution in [0.5, 0.6) is 17.2 Å². The van der Waals surface area contributed by atoms with Crippen molar-refractivity contribution >= 4 is 17.3 Å². The topological polar surface area (TPSA) is 92.9 Å². The molecule has 0 amide bonds. The Bertz CT molecular complexity index is 1280. The summed E-state index contributed by atoms with van der Waals surface area (Å²) in [5.74, 6) is 2.21. The van der Waals surface area contributed by atoms with E-state index in [0.29, 0.717) is 47.6 Å². The zero-order valence-electron chi connectivity index (χ0n) is 17.8. The van der Waals surface area contributed by atoms with Crippen LogP contribution in [0.3, 0.4) is 0 Å². The summed E-state index contributed by atoms with van der Waals surface area (Å²) in [7, 11) is 0. The highest BCUT2D eigenvalue weighted by Crippen LogP contribution is 2.37. The first-order valence-electron chi connectivity index (χ1n) is 10.4. The Labute approximate surface area is 193 Å². The largest absolute Gasteiger partial charge is 0.493 e. The van der Waals surface area contributed by atoms with Crippen molar-refractivity contribution in [1.82, 2.24) is 10.1 Å². The SMILES string of the molecule is CCOc1ccccc1-c1noc(COC(=O)c2ccc(-c3ccc4c(c3)OCCO4)s2)n1. The second-order valence-electron chi connectivity index (χ2n) is 7.04. The summed E-state index contributed by atoms with van der Waals surface area (Å²) in [5, 5.41) is 3.98. The lowest BCUT2D eigenvalue weighted by Crippen LogP contribution is -2.15. The third-order valence-electron chi connectivity index (χ3n) is 4.86. The molecular formula is C24H20N2O6S. The van der Waals surface area contributed by atoms with E-state index in [1.54, 1.807) is 6.07 Å². The van der Waals surface area contributed by atoms with Crippen molar-refractivity contribution in [3.8, 4) is 39.1 Å². The number of ether oxygens (including phenoxy) is 4. The third kappa shape index (κ3) is 4.54. The van der Waals surface area contributed by atoms with E-state index in [1.165, 1.54) is 11.3 Å². The summed E-state index contributed by atoms with van der Waals surface area (Å²) in [6.07, 6.45) is 0. The number of hydrogen-bond acceptors (Lipinski definition) is 9. The predicted molar refractivity (Wildman–Crippen MR) is 121 cm³/mol. The molecule has 0 spiro atoms. The zero-order valence-corrected chi connectivity index (χ0v) is 18.6. The number of fused-ring (bicyclic) bond motifs is 1. The lowest BCUT2D eigenvalue weighted by molar-refractivity contribution is 0.0435. The van der Waals surface area contributed by atoms with E-state index >= 15 is 0 Å². The maximum Gasteiger partial charge on any atom is 0.348 e. The molecule has 1 aliphatic rings. The number of carbonyl (C=O) groups is 1. The molecule has 2 aromatic heterocycles. The first-order chi connectivity index (χ1) is 16.2. The van der Waals surface area contributed by atoms with Gasteiger partial charge in [-0.2, -0.15) is 4.98 Å². The lowest BCUT2D eigenvalue weighted by atomic mass is 10.1. The normalized spacial score (nSPS) is 12.4. The van der Waals surface area contributed by atoms with Gasteiger partial charge < -0.3 is 23.5 Å². The minimum atomic E-state index is -0.460. The fourth-order valence-corrected chi connectivity index (χ4v) is 4.25. The molecule has 4 aromatic rings. The molecule has 0 saturated carbocycles. The fraction of sp³-hybridized carbons (Fsp3) is 0.208. The van der Waals surface area contributed by atoms with Gasteiger partial charge in [0, 0.05) is 4.88 Å². The number of esters is 1. The first-order valence-corrected chi connectivity index (χ1v) is 11.2. The number of carbonyl (C=O) groups excluding carboxylic acids is 1. The van der Waals surface area contributed by atoms with Crippen LogP contribution in [-0.2, 0) is 11.3 Å². The Morgan fingerprint density at radius 1 is 1.06 bits per heavy atom. The van der Waals surface area contributed by atoms with Crippen molar-refractivity contribution < 1.29 is 28.3 Å². The number of aromatic nitrogens is 2. The predicted octanol–water partition coefficient (Wildman–Crippen LogP) is 4.99. The number of para-hydroxylation sites is 1. The van der Waals surface area contributed by atoms with E-state index in [1.807, 2.05) is 55.5 Å². The van der Waals surface area contributed by atoms with Gasteiger partial charge in [0.25, 0.3) is 5.89 Å². The van der Waals surface area contributed by atoms with Crippen LogP contribution in [0.25, 0.3) is 21.8 Å². The Morgan fingerprint density at radius 3 is 2.79 bits per heavy atom. The maximum absolute atomic E-state index is 12.5. The third-order valence-corrected chi connectivity index (χ3v) is 5.97. The second kappa shape index (κ2) is 9.33. The van der Waals surface area contributed by atoms with Crippen molar-refractivity contribution in [2.45, 2.75) is 13.5 Å². The summed E-state index contributed by atoms with van der Waals surface area (Å²) in [4.78, 5) is 18.3. The summed E-state index contributed by atoms with van der Waals surface area (Å²) < 4.78 is 27.4. The van der Waals surface area contributed by atoms with Gasteiger partial charge in [-0.05, 0) is 55.0 Å².